The number of benzene rings is 2. The van der Waals surface area contributed by atoms with Gasteiger partial charge in [0.2, 0.25) is 5.91 Å². The molecule has 0 aliphatic carbocycles. The first-order valence-corrected chi connectivity index (χ1v) is 10.8. The van der Waals surface area contributed by atoms with E-state index in [4.69, 9.17) is 9.26 Å². The first kappa shape index (κ1) is 24.2. The van der Waals surface area contributed by atoms with Crippen molar-refractivity contribution in [2.24, 2.45) is 0 Å². The van der Waals surface area contributed by atoms with Gasteiger partial charge in [0.1, 0.15) is 5.82 Å². The molecule has 1 fully saturated rings. The Hall–Kier alpha value is -3.89. The summed E-state index contributed by atoms with van der Waals surface area (Å²) < 4.78 is 61.8. The van der Waals surface area contributed by atoms with Crippen molar-refractivity contribution in [2.75, 3.05) is 24.5 Å². The number of hydrogen-bond donors (Lipinski definition) is 0. The van der Waals surface area contributed by atoms with Crippen LogP contribution in [0.4, 0.5) is 23.2 Å². The Morgan fingerprint density at radius 1 is 1.06 bits per heavy atom. The minimum atomic E-state index is -5.18. The normalized spacial score (nSPS) is 16.3. The van der Waals surface area contributed by atoms with Crippen LogP contribution in [0, 0.1) is 5.82 Å². The van der Waals surface area contributed by atoms with Crippen LogP contribution in [0.3, 0.4) is 0 Å². The summed E-state index contributed by atoms with van der Waals surface area (Å²) in [5.74, 6) is -2.89. The lowest BCUT2D eigenvalue weighted by molar-refractivity contribution is -0.213. The summed E-state index contributed by atoms with van der Waals surface area (Å²) in [6.45, 7) is 0.313. The van der Waals surface area contributed by atoms with Crippen LogP contribution in [0.25, 0.3) is 11.3 Å². The molecule has 1 aliphatic rings. The Bertz CT molecular complexity index is 1170. The zero-order valence-electron chi connectivity index (χ0n) is 18.4. The number of para-hydroxylation sites is 1. The minimum absolute atomic E-state index is 0.0674. The lowest BCUT2D eigenvalue weighted by Gasteiger charge is -2.41. The number of rotatable bonds is 6. The second-order valence-electron chi connectivity index (χ2n) is 7.91. The summed E-state index contributed by atoms with van der Waals surface area (Å²) in [6.07, 6.45) is -5.07. The fourth-order valence-electron chi connectivity index (χ4n) is 3.86. The molecular formula is C24H21F4N3O4. The second kappa shape index (κ2) is 10.2. The fourth-order valence-corrected chi connectivity index (χ4v) is 3.86. The van der Waals surface area contributed by atoms with Gasteiger partial charge < -0.3 is 19.1 Å². The van der Waals surface area contributed by atoms with Gasteiger partial charge in [0.05, 0.1) is 12.7 Å². The van der Waals surface area contributed by atoms with Crippen LogP contribution >= 0.6 is 0 Å². The van der Waals surface area contributed by atoms with Crippen LogP contribution in [-0.4, -0.2) is 54.0 Å². The van der Waals surface area contributed by atoms with Gasteiger partial charge in [-0.2, -0.15) is 13.2 Å². The minimum Gasteiger partial charge on any atom is -0.433 e. The Labute approximate surface area is 197 Å². The van der Waals surface area contributed by atoms with Crippen LogP contribution in [0.1, 0.15) is 12.0 Å². The maximum Gasteiger partial charge on any atom is 0.491 e. The highest BCUT2D eigenvalue weighted by Gasteiger charge is 2.44. The molecule has 3 aromatic rings. The Balaban J connectivity index is 1.47. The Morgan fingerprint density at radius 3 is 2.46 bits per heavy atom. The van der Waals surface area contributed by atoms with E-state index in [-0.39, 0.29) is 25.9 Å². The smallest absolute Gasteiger partial charge is 0.433 e. The summed E-state index contributed by atoms with van der Waals surface area (Å²) in [5, 5.41) is 3.74. The van der Waals surface area contributed by atoms with Gasteiger partial charge >= 0.3 is 12.1 Å². The Morgan fingerprint density at radius 2 is 1.77 bits per heavy atom. The largest absolute Gasteiger partial charge is 0.491 e. The number of nitrogens with zero attached hydrogens (tertiary/aromatic N) is 3. The molecule has 1 unspecified atom stereocenters. The highest BCUT2D eigenvalue weighted by atomic mass is 19.4. The molecule has 4 rings (SSSR count). The lowest BCUT2D eigenvalue weighted by atomic mass is 10.0. The van der Waals surface area contributed by atoms with Gasteiger partial charge in [0, 0.05) is 36.3 Å². The summed E-state index contributed by atoms with van der Waals surface area (Å²) >= 11 is 0. The maximum atomic E-state index is 13.2. The molecule has 1 saturated heterocycles. The molecule has 35 heavy (non-hydrogen) atoms. The number of anilines is 1. The first-order valence-electron chi connectivity index (χ1n) is 10.8. The number of ether oxygens (including phenoxy) is 1. The van der Waals surface area contributed by atoms with E-state index >= 15 is 0 Å². The predicted molar refractivity (Wildman–Crippen MR) is 117 cm³/mol. The van der Waals surface area contributed by atoms with E-state index < -0.39 is 30.1 Å². The molecule has 0 radical (unpaired) electrons. The van der Waals surface area contributed by atoms with Crippen molar-refractivity contribution >= 4 is 17.6 Å². The van der Waals surface area contributed by atoms with Gasteiger partial charge in [-0.3, -0.25) is 4.79 Å². The van der Waals surface area contributed by atoms with Crippen molar-refractivity contribution in [1.29, 1.82) is 0 Å². The third kappa shape index (κ3) is 5.79. The molecule has 0 N–H and O–H groups in total. The van der Waals surface area contributed by atoms with Crippen LogP contribution in [0.15, 0.2) is 65.3 Å². The van der Waals surface area contributed by atoms with Gasteiger partial charge in [-0.15, -0.1) is 0 Å². The van der Waals surface area contributed by atoms with E-state index in [1.807, 2.05) is 0 Å². The predicted octanol–water partition coefficient (Wildman–Crippen LogP) is 4.19. The quantitative estimate of drug-likeness (QED) is 0.380. The van der Waals surface area contributed by atoms with Gasteiger partial charge in [-0.25, -0.2) is 9.18 Å². The number of alkyl halides is 3. The third-order valence-electron chi connectivity index (χ3n) is 5.61. The molecule has 184 valence electrons. The maximum absolute atomic E-state index is 13.2. The number of amides is 1. The number of halogens is 4. The molecular weight excluding hydrogens is 470 g/mol. The molecule has 1 aromatic heterocycles. The Kier molecular flexibility index (Phi) is 7.04. The van der Waals surface area contributed by atoms with E-state index in [0.29, 0.717) is 23.4 Å². The van der Waals surface area contributed by atoms with Crippen molar-refractivity contribution < 1.29 is 36.4 Å². The summed E-state index contributed by atoms with van der Waals surface area (Å²) in [6, 6.07) is 14.5. The topological polar surface area (TPSA) is 75.9 Å². The zero-order valence-corrected chi connectivity index (χ0v) is 18.4. The number of hydrogen-bond acceptors (Lipinski definition) is 6. The number of aromatic nitrogens is 1. The van der Waals surface area contributed by atoms with E-state index in [0.717, 1.165) is 10.6 Å². The van der Waals surface area contributed by atoms with Gasteiger partial charge in [-0.1, -0.05) is 23.4 Å². The van der Waals surface area contributed by atoms with Gasteiger partial charge in [0.15, 0.2) is 12.0 Å². The number of aryl methyl sites for hydroxylation is 1. The summed E-state index contributed by atoms with van der Waals surface area (Å²) in [5.41, 5.74) is 1.89. The van der Waals surface area contributed by atoms with Crippen LogP contribution < -0.4 is 4.90 Å². The van der Waals surface area contributed by atoms with Crippen molar-refractivity contribution in [3.63, 3.8) is 0 Å². The third-order valence-corrected chi connectivity index (χ3v) is 5.61. The van der Waals surface area contributed by atoms with Gasteiger partial charge in [-0.05, 0) is 42.8 Å². The highest BCUT2D eigenvalue weighted by Crippen LogP contribution is 2.27. The fraction of sp³-hybridized carbons (Fsp3) is 0.292. The molecule has 0 spiro atoms. The standard InChI is InChI=1S/C24H21F4N3O4/c25-18-9-6-16(7-10-18)22-17(14-29-35-22)8-11-20(32)31-13-12-30(19-4-2-1-3-5-19)15-21(31)34-23(33)24(26,27)28/h1-7,9-10,14,21H,8,11-13,15H2. The highest BCUT2D eigenvalue weighted by molar-refractivity contribution is 5.79. The molecule has 7 nitrogen and oxygen atoms in total. The van der Waals surface area contributed by atoms with Crippen molar-refractivity contribution in [2.45, 2.75) is 25.2 Å². The molecule has 0 bridgehead atoms. The molecule has 11 heteroatoms. The van der Waals surface area contributed by atoms with Gasteiger partial charge in [0.25, 0.3) is 0 Å². The monoisotopic (exact) mass is 491 g/mol. The molecule has 1 amide bonds. The second-order valence-corrected chi connectivity index (χ2v) is 7.91. The van der Waals surface area contributed by atoms with E-state index in [1.165, 1.54) is 30.5 Å². The summed E-state index contributed by atoms with van der Waals surface area (Å²) in [7, 11) is 0. The van der Waals surface area contributed by atoms with E-state index in [1.54, 1.807) is 35.2 Å². The van der Waals surface area contributed by atoms with Crippen molar-refractivity contribution in [1.82, 2.24) is 10.1 Å². The summed E-state index contributed by atoms with van der Waals surface area (Å²) in [4.78, 5) is 27.5. The average Bonchev–Trinajstić information content (AvgIpc) is 3.31. The van der Waals surface area contributed by atoms with E-state index in [2.05, 4.69) is 5.16 Å². The van der Waals surface area contributed by atoms with Crippen molar-refractivity contribution in [3.05, 3.63) is 72.2 Å². The number of carbonyl (C=O) groups excluding carboxylic acids is 2. The first-order chi connectivity index (χ1) is 16.7. The van der Waals surface area contributed by atoms with Crippen LogP contribution in [0.2, 0.25) is 0 Å². The average molecular weight is 491 g/mol. The molecule has 0 saturated carbocycles. The van der Waals surface area contributed by atoms with Crippen molar-refractivity contribution in [3.8, 4) is 11.3 Å². The molecule has 2 aromatic carbocycles. The number of esters is 1. The number of piperazine rings is 1. The molecule has 1 atom stereocenters. The van der Waals surface area contributed by atoms with Crippen LogP contribution in [0.5, 0.6) is 0 Å². The van der Waals surface area contributed by atoms with E-state index in [9.17, 15) is 27.2 Å². The molecule has 2 heterocycles. The molecule has 1 aliphatic heterocycles. The lowest BCUT2D eigenvalue weighted by Crippen LogP contribution is -2.57. The SMILES string of the molecule is O=C(CCc1cnoc1-c1ccc(F)cc1)N1CCN(c2ccccc2)CC1OC(=O)C(F)(F)F. The zero-order chi connectivity index (χ0) is 25.0. The number of carbonyl (C=O) groups is 2. The van der Waals surface area contributed by atoms with Crippen LogP contribution in [-0.2, 0) is 20.7 Å².